The van der Waals surface area contributed by atoms with Crippen molar-refractivity contribution in [2.45, 2.75) is 6.43 Å². The van der Waals surface area contributed by atoms with Gasteiger partial charge in [-0.15, -0.1) is 0 Å². The standard InChI is InChI=1S/C14H14F3NO3/c15-11-4-3-10(2-1-6-19)12(8-11)14(21)18(5-7-20)9-13(16)17/h3-4,8,13,19-20H,5-7,9H2. The van der Waals surface area contributed by atoms with E-state index in [0.717, 1.165) is 17.0 Å². The van der Waals surface area contributed by atoms with Gasteiger partial charge < -0.3 is 15.1 Å². The Labute approximate surface area is 119 Å². The van der Waals surface area contributed by atoms with Crippen LogP contribution in [0.15, 0.2) is 18.2 Å². The van der Waals surface area contributed by atoms with Crippen LogP contribution in [0.2, 0.25) is 0 Å². The number of nitrogens with zero attached hydrogens (tertiary/aromatic N) is 1. The summed E-state index contributed by atoms with van der Waals surface area (Å²) in [7, 11) is 0. The van der Waals surface area contributed by atoms with Gasteiger partial charge in [0.25, 0.3) is 12.3 Å². The predicted octanol–water partition coefficient (Wildman–Crippen LogP) is 0.869. The average Bonchev–Trinajstić information content (AvgIpc) is 2.44. The van der Waals surface area contributed by atoms with Crippen molar-refractivity contribution in [2.24, 2.45) is 0 Å². The molecule has 0 saturated carbocycles. The van der Waals surface area contributed by atoms with Gasteiger partial charge in [-0.25, -0.2) is 13.2 Å². The Balaban J connectivity index is 3.15. The quantitative estimate of drug-likeness (QED) is 0.793. The molecule has 1 amide bonds. The maximum Gasteiger partial charge on any atom is 0.255 e. The summed E-state index contributed by atoms with van der Waals surface area (Å²) in [6.45, 7) is -2.12. The molecule has 0 fully saturated rings. The summed E-state index contributed by atoms with van der Waals surface area (Å²) in [6, 6.07) is 3.19. The van der Waals surface area contributed by atoms with Crippen LogP contribution in [-0.2, 0) is 0 Å². The molecule has 0 aliphatic heterocycles. The minimum absolute atomic E-state index is 0.118. The lowest BCUT2D eigenvalue weighted by Crippen LogP contribution is -2.37. The molecule has 0 atom stereocenters. The van der Waals surface area contributed by atoms with Gasteiger partial charge in [0, 0.05) is 12.1 Å². The Morgan fingerprint density at radius 3 is 2.62 bits per heavy atom. The monoisotopic (exact) mass is 301 g/mol. The number of benzene rings is 1. The molecule has 0 bridgehead atoms. The Morgan fingerprint density at radius 2 is 2.05 bits per heavy atom. The number of alkyl halides is 2. The summed E-state index contributed by atoms with van der Waals surface area (Å²) in [5.41, 5.74) is -0.0716. The fourth-order valence-electron chi connectivity index (χ4n) is 1.67. The molecular formula is C14H14F3NO3. The highest BCUT2D eigenvalue weighted by molar-refractivity contribution is 5.96. The van der Waals surface area contributed by atoms with Crippen LogP contribution in [0, 0.1) is 17.7 Å². The first kappa shape index (κ1) is 17.0. The molecule has 0 unspecified atom stereocenters. The Hall–Kier alpha value is -2.04. The summed E-state index contributed by atoms with van der Waals surface area (Å²) in [6.07, 6.45) is -2.78. The number of amides is 1. The summed E-state index contributed by atoms with van der Waals surface area (Å²) >= 11 is 0. The van der Waals surface area contributed by atoms with Crippen molar-refractivity contribution in [3.05, 3.63) is 35.1 Å². The molecule has 0 radical (unpaired) electrons. The van der Waals surface area contributed by atoms with Crippen LogP contribution in [-0.4, -0.2) is 53.7 Å². The molecule has 4 nitrogen and oxygen atoms in total. The number of aliphatic hydroxyl groups is 2. The molecule has 114 valence electrons. The molecule has 1 aromatic rings. The minimum Gasteiger partial charge on any atom is -0.395 e. The van der Waals surface area contributed by atoms with Gasteiger partial charge in [-0.3, -0.25) is 4.79 Å². The summed E-state index contributed by atoms with van der Waals surface area (Å²) < 4.78 is 38.2. The smallest absolute Gasteiger partial charge is 0.255 e. The summed E-state index contributed by atoms with van der Waals surface area (Å²) in [5.74, 6) is 3.19. The highest BCUT2D eigenvalue weighted by Crippen LogP contribution is 2.14. The molecule has 1 rings (SSSR count). The number of hydrogen-bond acceptors (Lipinski definition) is 3. The van der Waals surface area contributed by atoms with Gasteiger partial charge in [-0.2, -0.15) is 0 Å². The van der Waals surface area contributed by atoms with E-state index in [-0.39, 0.29) is 17.7 Å². The Morgan fingerprint density at radius 1 is 1.33 bits per heavy atom. The van der Waals surface area contributed by atoms with Crippen LogP contribution >= 0.6 is 0 Å². The first-order valence-corrected chi connectivity index (χ1v) is 6.07. The third-order valence-corrected chi connectivity index (χ3v) is 2.53. The van der Waals surface area contributed by atoms with E-state index in [0.29, 0.717) is 0 Å². The van der Waals surface area contributed by atoms with Crippen LogP contribution in [0.4, 0.5) is 13.2 Å². The van der Waals surface area contributed by atoms with Crippen molar-refractivity contribution in [2.75, 3.05) is 26.3 Å². The molecule has 0 aromatic heterocycles. The van der Waals surface area contributed by atoms with Crippen LogP contribution in [0.3, 0.4) is 0 Å². The molecule has 0 saturated heterocycles. The van der Waals surface area contributed by atoms with Gasteiger partial charge in [0.15, 0.2) is 0 Å². The molecular weight excluding hydrogens is 287 g/mol. The second-order valence-electron chi connectivity index (χ2n) is 4.02. The number of hydrogen-bond donors (Lipinski definition) is 2. The minimum atomic E-state index is -2.78. The van der Waals surface area contributed by atoms with Crippen molar-refractivity contribution in [3.8, 4) is 11.8 Å². The van der Waals surface area contributed by atoms with Crippen molar-refractivity contribution in [1.82, 2.24) is 4.90 Å². The van der Waals surface area contributed by atoms with Gasteiger partial charge >= 0.3 is 0 Å². The number of carbonyl (C=O) groups is 1. The average molecular weight is 301 g/mol. The van der Waals surface area contributed by atoms with E-state index in [1.54, 1.807) is 0 Å². The van der Waals surface area contributed by atoms with Gasteiger partial charge in [-0.05, 0) is 18.2 Å². The lowest BCUT2D eigenvalue weighted by Gasteiger charge is -2.22. The number of rotatable bonds is 5. The largest absolute Gasteiger partial charge is 0.395 e. The number of carbonyl (C=O) groups excluding carboxylic acids is 1. The second-order valence-corrected chi connectivity index (χ2v) is 4.02. The normalized spacial score (nSPS) is 10.2. The zero-order chi connectivity index (χ0) is 15.8. The van der Waals surface area contributed by atoms with Gasteiger partial charge in [0.1, 0.15) is 12.4 Å². The van der Waals surface area contributed by atoms with E-state index in [9.17, 15) is 18.0 Å². The van der Waals surface area contributed by atoms with Crippen molar-refractivity contribution >= 4 is 5.91 Å². The maximum atomic E-state index is 13.3. The summed E-state index contributed by atoms with van der Waals surface area (Å²) in [5, 5.41) is 17.5. The molecule has 0 spiro atoms. The van der Waals surface area contributed by atoms with E-state index in [2.05, 4.69) is 11.8 Å². The topological polar surface area (TPSA) is 60.8 Å². The van der Waals surface area contributed by atoms with Crippen LogP contribution in [0.25, 0.3) is 0 Å². The molecule has 7 heteroatoms. The van der Waals surface area contributed by atoms with E-state index >= 15 is 0 Å². The van der Waals surface area contributed by atoms with Gasteiger partial charge in [0.2, 0.25) is 0 Å². The van der Waals surface area contributed by atoms with Crippen molar-refractivity contribution in [3.63, 3.8) is 0 Å². The fourth-order valence-corrected chi connectivity index (χ4v) is 1.67. The van der Waals surface area contributed by atoms with Crippen molar-refractivity contribution < 1.29 is 28.2 Å². The molecule has 0 heterocycles. The predicted molar refractivity (Wildman–Crippen MR) is 69.4 cm³/mol. The molecule has 0 aliphatic rings. The first-order valence-electron chi connectivity index (χ1n) is 6.07. The van der Waals surface area contributed by atoms with E-state index < -0.39 is 37.9 Å². The number of halogens is 3. The Bertz CT molecular complexity index is 552. The molecule has 21 heavy (non-hydrogen) atoms. The third-order valence-electron chi connectivity index (χ3n) is 2.53. The molecule has 1 aromatic carbocycles. The SMILES string of the molecule is O=C(c1cc(F)ccc1C#CCO)N(CCO)CC(F)F. The second kappa shape index (κ2) is 8.29. The van der Waals surface area contributed by atoms with Crippen LogP contribution < -0.4 is 0 Å². The van der Waals surface area contributed by atoms with Crippen molar-refractivity contribution in [1.29, 1.82) is 0 Å². The van der Waals surface area contributed by atoms with Crippen LogP contribution in [0.5, 0.6) is 0 Å². The lowest BCUT2D eigenvalue weighted by molar-refractivity contribution is 0.0508. The lowest BCUT2D eigenvalue weighted by atomic mass is 10.1. The van der Waals surface area contributed by atoms with Gasteiger partial charge in [-0.1, -0.05) is 11.8 Å². The van der Waals surface area contributed by atoms with E-state index in [1.165, 1.54) is 6.07 Å². The third kappa shape index (κ3) is 5.10. The molecule has 0 aliphatic carbocycles. The number of aliphatic hydroxyl groups excluding tert-OH is 2. The van der Waals surface area contributed by atoms with E-state index in [1.807, 2.05) is 0 Å². The first-order chi connectivity index (χ1) is 9.99. The maximum absolute atomic E-state index is 13.3. The fraction of sp³-hybridized carbons (Fsp3) is 0.357. The molecule has 2 N–H and O–H groups in total. The van der Waals surface area contributed by atoms with Crippen LogP contribution in [0.1, 0.15) is 15.9 Å². The highest BCUT2D eigenvalue weighted by atomic mass is 19.3. The van der Waals surface area contributed by atoms with Gasteiger partial charge in [0.05, 0.1) is 18.7 Å². The summed E-state index contributed by atoms with van der Waals surface area (Å²) in [4.78, 5) is 12.9. The highest BCUT2D eigenvalue weighted by Gasteiger charge is 2.21. The van der Waals surface area contributed by atoms with E-state index in [4.69, 9.17) is 10.2 Å². The zero-order valence-electron chi connectivity index (χ0n) is 11.0. The Kier molecular flexibility index (Phi) is 6.72. The zero-order valence-corrected chi connectivity index (χ0v) is 11.0.